The van der Waals surface area contributed by atoms with Gasteiger partial charge < -0.3 is 61.5 Å². The summed E-state index contributed by atoms with van der Waals surface area (Å²) < 4.78 is 0. The van der Waals surface area contributed by atoms with Crippen molar-refractivity contribution < 1.29 is 59.4 Å². The minimum absolute atomic E-state index is 0. The third kappa shape index (κ3) is 21.3. The van der Waals surface area contributed by atoms with Gasteiger partial charge in [-0.05, 0) is 0 Å². The van der Waals surface area contributed by atoms with Gasteiger partial charge >= 0.3 is 37.7 Å². The molecule has 41 heavy (non-hydrogen) atoms. The van der Waals surface area contributed by atoms with Gasteiger partial charge in [0.05, 0.1) is 13.2 Å². The van der Waals surface area contributed by atoms with E-state index in [9.17, 15) is 49.2 Å². The maximum atomic E-state index is 11.5. The van der Waals surface area contributed by atoms with Gasteiger partial charge in [-0.15, -0.1) is 0 Å². The summed E-state index contributed by atoms with van der Waals surface area (Å²) in [5, 5.41) is 67.0. The van der Waals surface area contributed by atoms with Crippen molar-refractivity contribution in [3.8, 4) is 0 Å². The van der Waals surface area contributed by atoms with Crippen LogP contribution in [0.15, 0.2) is 0 Å². The summed E-state index contributed by atoms with van der Waals surface area (Å²) in [5.41, 5.74) is -1.94. The number of carboxylic acid groups (broad SMARTS) is 2. The second kappa shape index (κ2) is 22.5. The van der Waals surface area contributed by atoms with Gasteiger partial charge in [-0.25, -0.2) is 0 Å². The van der Waals surface area contributed by atoms with Gasteiger partial charge in [0, 0.05) is 74.6 Å². The number of rotatable bonds is 18. The SMILES string of the molecule is CC(C)(CO)[C@@H](O)C(=O)NCCC(=O)NCCC(=O)[O-].CC(C)(CO)[C@@H](O)C(=O)NCCC(=O)NCCC(=O)[O-].[Ca+2]. The molecule has 0 bridgehead atoms. The van der Waals surface area contributed by atoms with Crippen LogP contribution in [0.2, 0.25) is 0 Å². The molecule has 8 N–H and O–H groups in total. The molecule has 0 spiro atoms. The number of hydrogen-bond acceptors (Lipinski definition) is 12. The first kappa shape index (κ1) is 43.4. The molecule has 4 amide bonds. The molecule has 0 aliphatic rings. The van der Waals surface area contributed by atoms with Crippen molar-refractivity contribution in [2.45, 2.75) is 65.6 Å². The molecule has 0 heterocycles. The molecule has 0 unspecified atom stereocenters. The summed E-state index contributed by atoms with van der Waals surface area (Å²) in [4.78, 5) is 65.8. The first-order valence-electron chi connectivity index (χ1n) is 12.5. The van der Waals surface area contributed by atoms with E-state index in [0.717, 1.165) is 0 Å². The molecule has 0 saturated carbocycles. The van der Waals surface area contributed by atoms with Crippen LogP contribution < -0.4 is 31.5 Å². The topological polar surface area (TPSA) is 278 Å². The Balaban J connectivity index is -0.000000688. The Kier molecular flexibility index (Phi) is 23.8. The monoisotopic (exact) mass is 618 g/mol. The maximum absolute atomic E-state index is 11.5. The van der Waals surface area contributed by atoms with E-state index in [1.54, 1.807) is 0 Å². The molecule has 0 rings (SSSR count). The van der Waals surface area contributed by atoms with Crippen molar-refractivity contribution in [2.24, 2.45) is 10.8 Å². The quantitative estimate of drug-likeness (QED) is 0.0666. The Morgan fingerprint density at radius 1 is 0.585 bits per heavy atom. The molecule has 232 valence electrons. The van der Waals surface area contributed by atoms with E-state index in [0.29, 0.717) is 0 Å². The van der Waals surface area contributed by atoms with Crippen LogP contribution in [0.4, 0.5) is 0 Å². The molecule has 0 radical (unpaired) electrons. The van der Waals surface area contributed by atoms with E-state index in [4.69, 9.17) is 10.2 Å². The zero-order valence-corrected chi connectivity index (χ0v) is 26.2. The molecule has 16 nitrogen and oxygen atoms in total. The van der Waals surface area contributed by atoms with E-state index < -0.39 is 58.6 Å². The Hall–Kier alpha value is -2.08. The molecule has 17 heteroatoms. The predicted octanol–water partition coefficient (Wildman–Crippen LogP) is -6.12. The summed E-state index contributed by atoms with van der Waals surface area (Å²) in [7, 11) is 0. The van der Waals surface area contributed by atoms with E-state index in [2.05, 4.69) is 21.3 Å². The minimum atomic E-state index is -1.38. The fraction of sp³-hybridized carbons (Fsp3) is 0.750. The van der Waals surface area contributed by atoms with Crippen molar-refractivity contribution in [3.05, 3.63) is 0 Å². The zero-order chi connectivity index (χ0) is 31.5. The first-order chi connectivity index (χ1) is 18.4. The fourth-order valence-corrected chi connectivity index (χ4v) is 2.46. The molecular weight excluding hydrogens is 576 g/mol. The first-order valence-corrected chi connectivity index (χ1v) is 12.5. The number of aliphatic hydroxyl groups excluding tert-OH is 4. The molecule has 2 atom stereocenters. The van der Waals surface area contributed by atoms with Crippen LogP contribution in [-0.2, 0) is 28.8 Å². The fourth-order valence-electron chi connectivity index (χ4n) is 2.46. The molecule has 0 aliphatic carbocycles. The average Bonchev–Trinajstić information content (AvgIpc) is 2.87. The van der Waals surface area contributed by atoms with Crippen LogP contribution in [0.3, 0.4) is 0 Å². The van der Waals surface area contributed by atoms with Crippen LogP contribution in [-0.4, -0.2) is 145 Å². The number of carbonyl (C=O) groups is 6. The van der Waals surface area contributed by atoms with Crippen molar-refractivity contribution in [1.29, 1.82) is 0 Å². The second-order valence-corrected chi connectivity index (χ2v) is 10.1. The molecule has 0 aromatic rings. The molecule has 0 saturated heterocycles. The number of nitrogens with one attached hydrogen (secondary N) is 4. The summed E-state index contributed by atoms with van der Waals surface area (Å²) in [5.74, 6) is -4.69. The standard InChI is InChI=1S/2C12H22N2O6.Ca/c2*1-12(2,7-15)10(19)11(20)14-5-3-8(16)13-6-4-9(17)18;/h2*10,15,19H,3-7H2,1-2H3,(H,13,16)(H,14,20)(H,17,18);/q;;+2/p-2/t2*10-;/m00./s1. The van der Waals surface area contributed by atoms with Crippen LogP contribution >= 0.6 is 0 Å². The number of carbonyl (C=O) groups excluding carboxylic acids is 6. The van der Waals surface area contributed by atoms with Crippen LogP contribution in [0, 0.1) is 10.8 Å². The predicted molar refractivity (Wildman–Crippen MR) is 140 cm³/mol. The number of hydrogen-bond donors (Lipinski definition) is 8. The van der Waals surface area contributed by atoms with Gasteiger partial charge in [-0.1, -0.05) is 27.7 Å². The Bertz CT molecular complexity index is 786. The van der Waals surface area contributed by atoms with E-state index in [1.165, 1.54) is 27.7 Å². The molecule has 0 aromatic heterocycles. The van der Waals surface area contributed by atoms with Gasteiger partial charge in [0.15, 0.2) is 0 Å². The van der Waals surface area contributed by atoms with Gasteiger partial charge in [0.25, 0.3) is 0 Å². The number of amides is 4. The summed E-state index contributed by atoms with van der Waals surface area (Å²) in [6.07, 6.45) is -3.39. The van der Waals surface area contributed by atoms with E-state index in [1.807, 2.05) is 0 Å². The van der Waals surface area contributed by atoms with E-state index >= 15 is 0 Å². The summed E-state index contributed by atoms with van der Waals surface area (Å²) in [6.45, 7) is 5.37. The normalized spacial score (nSPS) is 12.3. The van der Waals surface area contributed by atoms with Gasteiger partial charge in [0.1, 0.15) is 12.2 Å². The number of aliphatic carboxylic acids is 2. The van der Waals surface area contributed by atoms with E-state index in [-0.39, 0.29) is 103 Å². The van der Waals surface area contributed by atoms with Crippen molar-refractivity contribution in [3.63, 3.8) is 0 Å². The van der Waals surface area contributed by atoms with Crippen LogP contribution in [0.5, 0.6) is 0 Å². The van der Waals surface area contributed by atoms with Crippen molar-refractivity contribution in [2.75, 3.05) is 39.4 Å². The second-order valence-electron chi connectivity index (χ2n) is 10.1. The van der Waals surface area contributed by atoms with Crippen molar-refractivity contribution in [1.82, 2.24) is 21.3 Å². The average molecular weight is 619 g/mol. The Labute approximate surface area is 268 Å². The smallest absolute Gasteiger partial charge is 0.550 e. The zero-order valence-electron chi connectivity index (χ0n) is 24.0. The number of carboxylic acids is 2. The van der Waals surface area contributed by atoms with Gasteiger partial charge in [-0.3, -0.25) is 19.2 Å². The third-order valence-electron chi connectivity index (χ3n) is 5.40. The van der Waals surface area contributed by atoms with Gasteiger partial charge in [0.2, 0.25) is 23.6 Å². The molecular formula is C24H42CaN4O12. The maximum Gasteiger partial charge on any atom is 2.00 e. The Morgan fingerprint density at radius 3 is 1.10 bits per heavy atom. The third-order valence-corrected chi connectivity index (χ3v) is 5.40. The summed E-state index contributed by atoms with van der Waals surface area (Å²) in [6, 6.07) is 0. The largest absolute Gasteiger partial charge is 2.00 e. The Morgan fingerprint density at radius 2 is 0.854 bits per heavy atom. The van der Waals surface area contributed by atoms with Crippen molar-refractivity contribution >= 4 is 73.3 Å². The van der Waals surface area contributed by atoms with Gasteiger partial charge in [-0.2, -0.15) is 0 Å². The van der Waals surface area contributed by atoms with Crippen LogP contribution in [0.1, 0.15) is 53.4 Å². The molecule has 0 fully saturated rings. The molecule has 0 aliphatic heterocycles. The summed E-state index contributed by atoms with van der Waals surface area (Å²) >= 11 is 0. The minimum Gasteiger partial charge on any atom is -0.550 e. The van der Waals surface area contributed by atoms with Crippen LogP contribution in [0.25, 0.3) is 0 Å². The number of aliphatic hydroxyl groups is 4. The molecule has 0 aromatic carbocycles.